The van der Waals surface area contributed by atoms with Crippen LogP contribution in [0.2, 0.25) is 0 Å². The molecule has 11 aromatic heterocycles. The Balaban J connectivity index is 0.765. The Hall–Kier alpha value is -3.30. The first-order chi connectivity index (χ1) is 27.2. The van der Waals surface area contributed by atoms with E-state index in [4.69, 9.17) is 0 Å². The van der Waals surface area contributed by atoms with Gasteiger partial charge in [0.25, 0.3) is 0 Å². The summed E-state index contributed by atoms with van der Waals surface area (Å²) in [7, 11) is 0. The Morgan fingerprint density at radius 1 is 0.164 bits per heavy atom. The van der Waals surface area contributed by atoms with Crippen LogP contribution in [0.5, 0.6) is 0 Å². The van der Waals surface area contributed by atoms with Crippen molar-refractivity contribution >= 4 is 125 Å². The van der Waals surface area contributed by atoms with Crippen molar-refractivity contribution in [2.24, 2.45) is 0 Å². The monoisotopic (exact) mass is 904 g/mol. The van der Waals surface area contributed by atoms with Gasteiger partial charge in [-0.25, -0.2) is 0 Å². The minimum absolute atomic E-state index is 1.33. The molecule has 55 heavy (non-hydrogen) atoms. The smallest absolute Gasteiger partial charge is 0.0449 e. The van der Waals surface area contributed by atoms with Crippen molar-refractivity contribution in [1.82, 2.24) is 0 Å². The highest BCUT2D eigenvalue weighted by atomic mass is 32.1. The van der Waals surface area contributed by atoms with Crippen LogP contribution >= 0.6 is 125 Å². The van der Waals surface area contributed by atoms with E-state index in [-0.39, 0.29) is 0 Å². The van der Waals surface area contributed by atoms with Gasteiger partial charge in [-0.3, -0.25) is 0 Å². The van der Waals surface area contributed by atoms with Crippen LogP contribution in [0.3, 0.4) is 0 Å². The summed E-state index contributed by atoms with van der Waals surface area (Å²) in [5.74, 6) is 0. The van der Waals surface area contributed by atoms with Gasteiger partial charge in [0.05, 0.1) is 0 Å². The molecule has 0 bridgehead atoms. The molecule has 0 saturated heterocycles. The highest BCUT2D eigenvalue weighted by molar-refractivity contribution is 7.32. The van der Waals surface area contributed by atoms with Crippen LogP contribution in [-0.2, 0) is 0 Å². The minimum atomic E-state index is 1.33. The molecular weight excluding hydrogens is 881 g/mol. The summed E-state index contributed by atoms with van der Waals surface area (Å²) < 4.78 is 0. The van der Waals surface area contributed by atoms with Crippen molar-refractivity contribution < 1.29 is 0 Å². The van der Waals surface area contributed by atoms with Crippen molar-refractivity contribution in [3.05, 3.63) is 144 Å². The largest absolute Gasteiger partial charge is 0.143 e. The predicted molar refractivity (Wildman–Crippen MR) is 257 cm³/mol. The Morgan fingerprint density at radius 2 is 0.309 bits per heavy atom. The van der Waals surface area contributed by atoms with E-state index < -0.39 is 0 Å². The number of rotatable bonds is 10. The molecule has 11 heterocycles. The first kappa shape index (κ1) is 34.9. The second-order valence-corrected chi connectivity index (χ2v) is 24.1. The van der Waals surface area contributed by atoms with Gasteiger partial charge in [-0.1, -0.05) is 12.1 Å². The molecule has 0 aliphatic carbocycles. The summed E-state index contributed by atoms with van der Waals surface area (Å²) >= 11 is 20.7. The van der Waals surface area contributed by atoms with Crippen LogP contribution in [0.4, 0.5) is 0 Å². The Bertz CT molecular complexity index is 2800. The van der Waals surface area contributed by atoms with E-state index in [0.717, 1.165) is 0 Å². The van der Waals surface area contributed by atoms with E-state index in [1.54, 1.807) is 22.7 Å². The van der Waals surface area contributed by atoms with E-state index in [1.165, 1.54) is 97.5 Å². The highest BCUT2D eigenvalue weighted by Gasteiger charge is 2.16. The van der Waals surface area contributed by atoms with E-state index in [2.05, 4.69) is 144 Å². The summed E-state index contributed by atoms with van der Waals surface area (Å²) in [6.45, 7) is 0. The molecule has 11 rings (SSSR count). The van der Waals surface area contributed by atoms with Gasteiger partial charge in [-0.15, -0.1) is 125 Å². The first-order valence-corrected chi connectivity index (χ1v) is 26.3. The SMILES string of the molecule is c1csc(-c2ccc(-c3ccc(-c4ccc(-c5ccc(-c6ccc(-c7ccc(-c8ccc(-c9ccc(-c%10ccc(-c%11cccs%11)s%10)s9)s8)s7)s6)s5)s4)s3)s2)c1. The lowest BCUT2D eigenvalue weighted by Gasteiger charge is -1.93. The molecule has 0 atom stereocenters. The highest BCUT2D eigenvalue weighted by Crippen LogP contribution is 2.49. The molecule has 0 aliphatic heterocycles. The van der Waals surface area contributed by atoms with Crippen LogP contribution in [0.15, 0.2) is 144 Å². The second-order valence-electron chi connectivity index (χ2n) is 12.4. The fraction of sp³-hybridized carbons (Fsp3) is 0. The third-order valence-corrected chi connectivity index (χ3v) is 22.4. The summed E-state index contributed by atoms with van der Waals surface area (Å²) in [5.41, 5.74) is 0. The molecule has 0 radical (unpaired) electrons. The topological polar surface area (TPSA) is 0 Å². The molecule has 0 nitrogen and oxygen atoms in total. The lowest BCUT2D eigenvalue weighted by Crippen LogP contribution is -1.59. The second kappa shape index (κ2) is 14.9. The lowest BCUT2D eigenvalue weighted by molar-refractivity contribution is 1.89. The van der Waals surface area contributed by atoms with Crippen LogP contribution in [0.1, 0.15) is 0 Å². The molecule has 0 aromatic carbocycles. The zero-order valence-corrected chi connectivity index (χ0v) is 37.3. The fourth-order valence-corrected chi connectivity index (χ4v) is 17.7. The van der Waals surface area contributed by atoms with Crippen molar-refractivity contribution in [2.45, 2.75) is 0 Å². The van der Waals surface area contributed by atoms with Crippen molar-refractivity contribution in [2.75, 3.05) is 0 Å². The zero-order valence-electron chi connectivity index (χ0n) is 28.3. The summed E-state index contributed by atoms with van der Waals surface area (Å²) in [4.78, 5) is 26.8. The average molecular weight is 905 g/mol. The third-order valence-electron chi connectivity index (χ3n) is 8.92. The number of hydrogen-bond donors (Lipinski definition) is 0. The Labute approximate surface area is 362 Å². The van der Waals surface area contributed by atoms with Gasteiger partial charge in [0.2, 0.25) is 0 Å². The Morgan fingerprint density at radius 3 is 0.436 bits per heavy atom. The molecule has 0 aliphatic rings. The van der Waals surface area contributed by atoms with Crippen LogP contribution in [0.25, 0.3) is 97.5 Å². The quantitative estimate of drug-likeness (QED) is 0.128. The maximum atomic E-state index is 2.30. The molecule has 266 valence electrons. The van der Waals surface area contributed by atoms with E-state index in [9.17, 15) is 0 Å². The molecule has 0 amide bonds. The standard InChI is InChI=1S/C44H24S11/c1-3-25(45-23-1)27-5-7-29(47-27)31-9-11-33(49-31)35-13-15-37(51-35)39-17-19-41(53-39)43-21-22-44(55-43)42-20-18-40(54-42)38-16-14-36(52-38)34-12-10-32(50-34)30-8-6-28(48-30)26-4-2-24-46-26/h1-24H. The van der Waals surface area contributed by atoms with Gasteiger partial charge in [0.1, 0.15) is 0 Å². The molecule has 11 heteroatoms. The molecule has 0 spiro atoms. The third kappa shape index (κ3) is 6.93. The fourth-order valence-electron chi connectivity index (χ4n) is 6.26. The predicted octanol–water partition coefficient (Wildman–Crippen LogP) is 19.0. The maximum absolute atomic E-state index is 2.30. The molecule has 11 aromatic rings. The van der Waals surface area contributed by atoms with Crippen molar-refractivity contribution in [1.29, 1.82) is 0 Å². The average Bonchev–Trinajstić information content (AvgIpc) is 4.08. The van der Waals surface area contributed by atoms with Crippen molar-refractivity contribution in [3.8, 4) is 97.5 Å². The van der Waals surface area contributed by atoms with Crippen LogP contribution in [0, 0.1) is 0 Å². The first-order valence-electron chi connectivity index (χ1n) is 17.2. The molecule has 0 fully saturated rings. The van der Waals surface area contributed by atoms with E-state index in [1.807, 2.05) is 102 Å². The van der Waals surface area contributed by atoms with Gasteiger partial charge in [0, 0.05) is 97.5 Å². The summed E-state index contributed by atoms with van der Waals surface area (Å²) in [5, 5.41) is 4.30. The summed E-state index contributed by atoms with van der Waals surface area (Å²) in [6, 6.07) is 49.8. The molecular formula is C44H24S11. The normalized spacial score (nSPS) is 11.6. The molecule has 0 saturated carbocycles. The summed E-state index contributed by atoms with van der Waals surface area (Å²) in [6.07, 6.45) is 0. The van der Waals surface area contributed by atoms with Gasteiger partial charge >= 0.3 is 0 Å². The maximum Gasteiger partial charge on any atom is 0.0449 e. The van der Waals surface area contributed by atoms with Gasteiger partial charge in [0.15, 0.2) is 0 Å². The van der Waals surface area contributed by atoms with Crippen molar-refractivity contribution in [3.63, 3.8) is 0 Å². The van der Waals surface area contributed by atoms with E-state index >= 15 is 0 Å². The number of hydrogen-bond acceptors (Lipinski definition) is 11. The zero-order chi connectivity index (χ0) is 36.3. The van der Waals surface area contributed by atoms with Crippen LogP contribution < -0.4 is 0 Å². The minimum Gasteiger partial charge on any atom is -0.143 e. The van der Waals surface area contributed by atoms with Crippen LogP contribution in [-0.4, -0.2) is 0 Å². The molecule has 0 N–H and O–H groups in total. The van der Waals surface area contributed by atoms with Gasteiger partial charge in [-0.2, -0.15) is 0 Å². The lowest BCUT2D eigenvalue weighted by atomic mass is 10.3. The van der Waals surface area contributed by atoms with Gasteiger partial charge in [-0.05, 0) is 132 Å². The van der Waals surface area contributed by atoms with Gasteiger partial charge < -0.3 is 0 Å². The number of thiophene rings is 11. The Kier molecular flexibility index (Phi) is 9.45. The molecule has 0 unspecified atom stereocenters. The van der Waals surface area contributed by atoms with E-state index in [0.29, 0.717) is 0 Å².